The molecule has 0 atom stereocenters. The number of carbonyl (C=O) groups is 1. The van der Waals surface area contributed by atoms with Gasteiger partial charge in [0, 0.05) is 0 Å². The van der Waals surface area contributed by atoms with Crippen molar-refractivity contribution in [3.63, 3.8) is 0 Å². The summed E-state index contributed by atoms with van der Waals surface area (Å²) in [6.45, 7) is 1.72. The average molecular weight is 144 g/mol. The second kappa shape index (κ2) is 4.73. The van der Waals surface area contributed by atoms with E-state index in [0.29, 0.717) is 0 Å². The molecule has 2 nitrogen and oxygen atoms in total. The van der Waals surface area contributed by atoms with E-state index in [1.807, 2.05) is 0 Å². The zero-order chi connectivity index (χ0) is 7.98. The Hall–Kier alpha value is -1.12. The standard InChI is InChI=1S/C7H9FO2/c1-3-4-5-6(8)7(9)10-2/h3-5H,1-2H3. The predicted molar refractivity (Wildman–Crippen MR) is 36.0 cm³/mol. The van der Waals surface area contributed by atoms with Crippen LogP contribution in [0.2, 0.25) is 0 Å². The highest BCUT2D eigenvalue weighted by molar-refractivity contribution is 5.86. The summed E-state index contributed by atoms with van der Waals surface area (Å²) in [6.07, 6.45) is 4.08. The third kappa shape index (κ3) is 3.02. The Labute approximate surface area is 59.0 Å². The average Bonchev–Trinajstić information content (AvgIpc) is 1.98. The Morgan fingerprint density at radius 3 is 2.60 bits per heavy atom. The first-order chi connectivity index (χ1) is 4.72. The van der Waals surface area contributed by atoms with Crippen LogP contribution in [0.25, 0.3) is 0 Å². The third-order valence-corrected chi connectivity index (χ3v) is 0.815. The molecule has 0 aliphatic heterocycles. The van der Waals surface area contributed by atoms with Gasteiger partial charge < -0.3 is 4.74 Å². The predicted octanol–water partition coefficient (Wildman–Crippen LogP) is 1.59. The summed E-state index contributed by atoms with van der Waals surface area (Å²) < 4.78 is 16.4. The summed E-state index contributed by atoms with van der Waals surface area (Å²) in [7, 11) is 1.13. The second-order valence-electron chi connectivity index (χ2n) is 1.53. The molecule has 0 aliphatic carbocycles. The summed E-state index contributed by atoms with van der Waals surface area (Å²) in [5, 5.41) is 0. The maximum absolute atomic E-state index is 12.3. The first-order valence-corrected chi connectivity index (χ1v) is 2.79. The van der Waals surface area contributed by atoms with Crippen LogP contribution in [0.5, 0.6) is 0 Å². The van der Waals surface area contributed by atoms with E-state index in [9.17, 15) is 9.18 Å². The van der Waals surface area contributed by atoms with Crippen LogP contribution in [-0.4, -0.2) is 13.1 Å². The van der Waals surface area contributed by atoms with Gasteiger partial charge in [0.2, 0.25) is 5.83 Å². The van der Waals surface area contributed by atoms with Crippen LogP contribution in [0.4, 0.5) is 4.39 Å². The minimum Gasteiger partial charge on any atom is -0.464 e. The quantitative estimate of drug-likeness (QED) is 0.334. The zero-order valence-electron chi connectivity index (χ0n) is 5.93. The highest BCUT2D eigenvalue weighted by Gasteiger charge is 2.04. The van der Waals surface area contributed by atoms with Crippen LogP contribution < -0.4 is 0 Å². The van der Waals surface area contributed by atoms with Crippen LogP contribution in [0.15, 0.2) is 24.1 Å². The highest BCUT2D eigenvalue weighted by Crippen LogP contribution is 1.98. The topological polar surface area (TPSA) is 26.3 Å². The van der Waals surface area contributed by atoms with Crippen LogP contribution in [0.1, 0.15) is 6.92 Å². The van der Waals surface area contributed by atoms with Crippen molar-refractivity contribution in [1.29, 1.82) is 0 Å². The van der Waals surface area contributed by atoms with E-state index in [2.05, 4.69) is 4.74 Å². The first-order valence-electron chi connectivity index (χ1n) is 2.79. The van der Waals surface area contributed by atoms with Gasteiger partial charge in [0.1, 0.15) is 0 Å². The monoisotopic (exact) mass is 144 g/mol. The van der Waals surface area contributed by atoms with Gasteiger partial charge in [0.25, 0.3) is 0 Å². The molecule has 10 heavy (non-hydrogen) atoms. The van der Waals surface area contributed by atoms with Gasteiger partial charge in [0.05, 0.1) is 7.11 Å². The number of hydrogen-bond donors (Lipinski definition) is 0. The van der Waals surface area contributed by atoms with Crippen molar-refractivity contribution in [3.05, 3.63) is 24.1 Å². The highest BCUT2D eigenvalue weighted by atomic mass is 19.1. The number of rotatable bonds is 2. The fourth-order valence-electron chi connectivity index (χ4n) is 0.346. The molecule has 3 heteroatoms. The number of hydrogen-bond acceptors (Lipinski definition) is 2. The molecule has 0 aliphatic rings. The summed E-state index contributed by atoms with van der Waals surface area (Å²) in [5.41, 5.74) is 0. The summed E-state index contributed by atoms with van der Waals surface area (Å²) >= 11 is 0. The molecule has 0 aromatic heterocycles. The van der Waals surface area contributed by atoms with E-state index in [0.717, 1.165) is 13.2 Å². The van der Waals surface area contributed by atoms with Gasteiger partial charge >= 0.3 is 5.97 Å². The van der Waals surface area contributed by atoms with E-state index in [1.54, 1.807) is 13.0 Å². The number of esters is 1. The molecule has 0 saturated heterocycles. The van der Waals surface area contributed by atoms with E-state index in [4.69, 9.17) is 0 Å². The molecule has 0 radical (unpaired) electrons. The third-order valence-electron chi connectivity index (χ3n) is 0.815. The molecule has 0 fully saturated rings. The van der Waals surface area contributed by atoms with Crippen LogP contribution >= 0.6 is 0 Å². The van der Waals surface area contributed by atoms with Gasteiger partial charge in [-0.25, -0.2) is 4.79 Å². The van der Waals surface area contributed by atoms with E-state index in [-0.39, 0.29) is 0 Å². The Balaban J connectivity index is 4.05. The van der Waals surface area contributed by atoms with E-state index >= 15 is 0 Å². The minimum absolute atomic E-state index is 0.888. The fraction of sp³-hybridized carbons (Fsp3) is 0.286. The summed E-state index contributed by atoms with van der Waals surface area (Å²) in [4.78, 5) is 10.3. The molecular formula is C7H9FO2. The van der Waals surface area contributed by atoms with Crippen molar-refractivity contribution in [2.75, 3.05) is 7.11 Å². The lowest BCUT2D eigenvalue weighted by Crippen LogP contribution is -1.99. The van der Waals surface area contributed by atoms with Gasteiger partial charge in [0.15, 0.2) is 0 Å². The Morgan fingerprint density at radius 1 is 1.60 bits per heavy atom. The lowest BCUT2D eigenvalue weighted by molar-refractivity contribution is -0.137. The SMILES string of the molecule is CC=CC=C(F)C(=O)OC. The van der Waals surface area contributed by atoms with Gasteiger partial charge in [-0.15, -0.1) is 0 Å². The second-order valence-corrected chi connectivity index (χ2v) is 1.53. The molecule has 0 spiro atoms. The molecule has 0 N–H and O–H groups in total. The number of carbonyl (C=O) groups excluding carboxylic acids is 1. The molecule has 0 bridgehead atoms. The molecule has 0 aromatic rings. The van der Waals surface area contributed by atoms with Gasteiger partial charge in [-0.3, -0.25) is 0 Å². The molecule has 0 saturated carbocycles. The van der Waals surface area contributed by atoms with Crippen molar-refractivity contribution in [3.8, 4) is 0 Å². The van der Waals surface area contributed by atoms with Crippen LogP contribution in [0, 0.1) is 0 Å². The van der Waals surface area contributed by atoms with Crippen molar-refractivity contribution in [1.82, 2.24) is 0 Å². The molecule has 0 heterocycles. The van der Waals surface area contributed by atoms with Crippen LogP contribution in [-0.2, 0) is 9.53 Å². The molecule has 0 rings (SSSR count). The van der Waals surface area contributed by atoms with Crippen molar-refractivity contribution < 1.29 is 13.9 Å². The maximum Gasteiger partial charge on any atom is 0.366 e. The fourth-order valence-corrected chi connectivity index (χ4v) is 0.346. The van der Waals surface area contributed by atoms with Gasteiger partial charge in [-0.2, -0.15) is 4.39 Å². The number of ether oxygens (including phenoxy) is 1. The number of halogens is 1. The molecule has 0 unspecified atom stereocenters. The zero-order valence-corrected chi connectivity index (χ0v) is 5.93. The van der Waals surface area contributed by atoms with Crippen molar-refractivity contribution >= 4 is 5.97 Å². The largest absolute Gasteiger partial charge is 0.464 e. The molecule has 0 aromatic carbocycles. The van der Waals surface area contributed by atoms with E-state index in [1.165, 1.54) is 6.08 Å². The maximum atomic E-state index is 12.3. The lowest BCUT2D eigenvalue weighted by atomic mass is 10.4. The minimum atomic E-state index is -0.946. The Bertz CT molecular complexity index is 170. The Morgan fingerprint density at radius 2 is 2.20 bits per heavy atom. The normalized spacial score (nSPS) is 12.1. The van der Waals surface area contributed by atoms with Crippen LogP contribution in [0.3, 0.4) is 0 Å². The van der Waals surface area contributed by atoms with Crippen molar-refractivity contribution in [2.45, 2.75) is 6.92 Å². The summed E-state index contributed by atoms with van der Waals surface area (Å²) in [6, 6.07) is 0. The van der Waals surface area contributed by atoms with Gasteiger partial charge in [-0.05, 0) is 13.0 Å². The first kappa shape index (κ1) is 8.88. The van der Waals surface area contributed by atoms with E-state index < -0.39 is 11.8 Å². The molecule has 0 amide bonds. The smallest absolute Gasteiger partial charge is 0.366 e. The Kier molecular flexibility index (Phi) is 4.20. The lowest BCUT2D eigenvalue weighted by Gasteiger charge is -1.90. The molecule has 56 valence electrons. The number of allylic oxidation sites excluding steroid dienone is 3. The number of methoxy groups -OCH3 is 1. The van der Waals surface area contributed by atoms with Gasteiger partial charge in [-0.1, -0.05) is 12.2 Å². The van der Waals surface area contributed by atoms with Crippen molar-refractivity contribution in [2.24, 2.45) is 0 Å². The molecular weight excluding hydrogens is 135 g/mol. The summed E-state index contributed by atoms with van der Waals surface area (Å²) in [5.74, 6) is -1.83.